The lowest BCUT2D eigenvalue weighted by atomic mass is 9.66. The number of rotatable bonds is 0. The van der Waals surface area contributed by atoms with Crippen LogP contribution >= 0.6 is 0 Å². The van der Waals surface area contributed by atoms with Crippen LogP contribution < -0.4 is 4.74 Å². The summed E-state index contributed by atoms with van der Waals surface area (Å²) in [6.45, 7) is 4.20. The average Bonchev–Trinajstić information content (AvgIpc) is 2.99. The molecule has 0 atom stereocenters. The molecule has 0 N–H and O–H groups in total. The zero-order chi connectivity index (χ0) is 18.9. The zero-order valence-electron chi connectivity index (χ0n) is 15.7. The minimum atomic E-state index is -0.461. The van der Waals surface area contributed by atoms with Gasteiger partial charge in [0.15, 0.2) is 0 Å². The first-order chi connectivity index (χ1) is 13.7. The van der Waals surface area contributed by atoms with Crippen molar-refractivity contribution in [3.05, 3.63) is 106 Å². The highest BCUT2D eigenvalue weighted by molar-refractivity contribution is 5.84. The Kier molecular flexibility index (Phi) is 2.95. The lowest BCUT2D eigenvalue weighted by molar-refractivity contribution is 0.435. The molecule has 0 saturated carbocycles. The van der Waals surface area contributed by atoms with Gasteiger partial charge in [-0.2, -0.15) is 0 Å². The normalized spacial score (nSPS) is 14.6. The fourth-order valence-electron chi connectivity index (χ4n) is 4.83. The number of nitrogens with zero attached hydrogens (tertiary/aromatic N) is 2. The Hall–Kier alpha value is -3.46. The van der Waals surface area contributed by atoms with Crippen LogP contribution in [0.15, 0.2) is 73.1 Å². The molecule has 1 aliphatic carbocycles. The van der Waals surface area contributed by atoms with Crippen LogP contribution in [0, 0.1) is 13.8 Å². The summed E-state index contributed by atoms with van der Waals surface area (Å²) in [5.41, 5.74) is 8.45. The molecule has 2 aromatic heterocycles. The molecule has 1 aliphatic heterocycles. The minimum absolute atomic E-state index is 0.461. The van der Waals surface area contributed by atoms with Crippen molar-refractivity contribution in [2.45, 2.75) is 19.3 Å². The van der Waals surface area contributed by atoms with Gasteiger partial charge in [-0.05, 0) is 60.4 Å². The predicted octanol–water partition coefficient (Wildman–Crippen LogP) is 5.56. The summed E-state index contributed by atoms with van der Waals surface area (Å²) < 4.78 is 6.42. The molecule has 4 aromatic rings. The van der Waals surface area contributed by atoms with Crippen LogP contribution in [0.5, 0.6) is 11.5 Å². The van der Waals surface area contributed by atoms with Crippen molar-refractivity contribution >= 4 is 0 Å². The molecule has 1 spiro atoms. The molecular weight excluding hydrogens is 344 g/mol. The molecule has 6 rings (SSSR count). The fourth-order valence-corrected chi connectivity index (χ4v) is 4.83. The first kappa shape index (κ1) is 15.6. The topological polar surface area (TPSA) is 35.0 Å². The standard InChI is InChI=1S/C25H18N2O/c1-15-7-9-17-21(13-15)28-22-14-16(2)8-10-18(22)25(17)19-5-3-11-26-23(19)24-20(25)6-4-12-27-24/h3-14H,1-2H3. The van der Waals surface area contributed by atoms with Gasteiger partial charge in [0, 0.05) is 23.5 Å². The Morgan fingerprint density at radius 3 is 1.64 bits per heavy atom. The lowest BCUT2D eigenvalue weighted by Crippen LogP contribution is -2.32. The Bertz CT molecular complexity index is 1180. The molecule has 3 heteroatoms. The molecule has 0 amide bonds. The molecule has 2 aromatic carbocycles. The molecule has 134 valence electrons. The van der Waals surface area contributed by atoms with Crippen molar-refractivity contribution in [2.24, 2.45) is 0 Å². The summed E-state index contributed by atoms with van der Waals surface area (Å²) in [7, 11) is 0. The second-order valence-electron chi connectivity index (χ2n) is 7.65. The summed E-state index contributed by atoms with van der Waals surface area (Å²) in [4.78, 5) is 9.46. The largest absolute Gasteiger partial charge is 0.457 e. The maximum atomic E-state index is 6.42. The highest BCUT2D eigenvalue weighted by Crippen LogP contribution is 2.61. The predicted molar refractivity (Wildman–Crippen MR) is 109 cm³/mol. The van der Waals surface area contributed by atoms with Crippen molar-refractivity contribution < 1.29 is 4.74 Å². The Balaban J connectivity index is 1.84. The number of aromatic nitrogens is 2. The van der Waals surface area contributed by atoms with E-state index in [-0.39, 0.29) is 0 Å². The summed E-state index contributed by atoms with van der Waals surface area (Å²) >= 11 is 0. The number of fused-ring (bicyclic) bond motifs is 9. The van der Waals surface area contributed by atoms with Crippen LogP contribution in [0.25, 0.3) is 11.4 Å². The van der Waals surface area contributed by atoms with E-state index < -0.39 is 5.41 Å². The van der Waals surface area contributed by atoms with Crippen molar-refractivity contribution in [2.75, 3.05) is 0 Å². The molecular formula is C25H18N2O. The van der Waals surface area contributed by atoms with Gasteiger partial charge >= 0.3 is 0 Å². The maximum Gasteiger partial charge on any atom is 0.132 e. The van der Waals surface area contributed by atoms with Crippen molar-refractivity contribution in [1.82, 2.24) is 9.97 Å². The Morgan fingerprint density at radius 2 is 1.14 bits per heavy atom. The van der Waals surface area contributed by atoms with E-state index in [0.29, 0.717) is 0 Å². The zero-order valence-corrected chi connectivity index (χ0v) is 15.7. The van der Waals surface area contributed by atoms with Crippen molar-refractivity contribution in [3.8, 4) is 22.9 Å². The number of benzene rings is 2. The minimum Gasteiger partial charge on any atom is -0.457 e. The molecule has 0 fully saturated rings. The van der Waals surface area contributed by atoms with Crippen molar-refractivity contribution in [3.63, 3.8) is 0 Å². The highest BCUT2D eigenvalue weighted by Gasteiger charge is 2.52. The van der Waals surface area contributed by atoms with Gasteiger partial charge in [-0.1, -0.05) is 36.4 Å². The number of hydrogen-bond donors (Lipinski definition) is 0. The molecule has 0 unspecified atom stereocenters. The van der Waals surface area contributed by atoms with Crippen LogP contribution in [0.1, 0.15) is 33.4 Å². The second-order valence-corrected chi connectivity index (χ2v) is 7.65. The van der Waals surface area contributed by atoms with Gasteiger partial charge in [-0.3, -0.25) is 9.97 Å². The van der Waals surface area contributed by atoms with E-state index in [1.165, 1.54) is 22.3 Å². The van der Waals surface area contributed by atoms with Gasteiger partial charge in [-0.25, -0.2) is 0 Å². The van der Waals surface area contributed by atoms with Crippen LogP contribution in [-0.2, 0) is 5.41 Å². The molecule has 0 bridgehead atoms. The first-order valence-corrected chi connectivity index (χ1v) is 9.51. The third-order valence-corrected chi connectivity index (χ3v) is 5.95. The number of ether oxygens (including phenoxy) is 1. The third kappa shape index (κ3) is 1.79. The third-order valence-electron chi connectivity index (χ3n) is 5.95. The van der Waals surface area contributed by atoms with Gasteiger partial charge in [0.2, 0.25) is 0 Å². The van der Waals surface area contributed by atoms with Crippen LogP contribution in [0.2, 0.25) is 0 Å². The van der Waals surface area contributed by atoms with Gasteiger partial charge in [0.25, 0.3) is 0 Å². The molecule has 0 saturated heterocycles. The summed E-state index contributed by atoms with van der Waals surface area (Å²) in [5.74, 6) is 1.81. The van der Waals surface area contributed by atoms with Gasteiger partial charge < -0.3 is 4.74 Å². The van der Waals surface area contributed by atoms with Gasteiger partial charge in [0.05, 0.1) is 16.8 Å². The van der Waals surface area contributed by atoms with Gasteiger partial charge in [-0.15, -0.1) is 0 Å². The lowest BCUT2D eigenvalue weighted by Gasteiger charge is -2.39. The van der Waals surface area contributed by atoms with Gasteiger partial charge in [0.1, 0.15) is 11.5 Å². The molecule has 0 radical (unpaired) electrons. The van der Waals surface area contributed by atoms with Crippen LogP contribution in [-0.4, -0.2) is 9.97 Å². The van der Waals surface area contributed by atoms with E-state index in [4.69, 9.17) is 14.7 Å². The van der Waals surface area contributed by atoms with E-state index >= 15 is 0 Å². The maximum absolute atomic E-state index is 6.42. The second kappa shape index (κ2) is 5.29. The fraction of sp³-hybridized carbons (Fsp3) is 0.120. The first-order valence-electron chi connectivity index (χ1n) is 9.51. The molecule has 2 aliphatic rings. The van der Waals surface area contributed by atoms with E-state index in [1.807, 2.05) is 24.5 Å². The summed E-state index contributed by atoms with van der Waals surface area (Å²) in [5, 5.41) is 0. The number of hydrogen-bond acceptors (Lipinski definition) is 3. The summed E-state index contributed by atoms with van der Waals surface area (Å²) in [6.07, 6.45) is 3.70. The monoisotopic (exact) mass is 362 g/mol. The van der Waals surface area contributed by atoms with E-state index in [0.717, 1.165) is 34.0 Å². The van der Waals surface area contributed by atoms with E-state index in [1.54, 1.807) is 0 Å². The van der Waals surface area contributed by atoms with E-state index in [9.17, 15) is 0 Å². The Labute approximate surface area is 163 Å². The molecule has 28 heavy (non-hydrogen) atoms. The van der Waals surface area contributed by atoms with Crippen LogP contribution in [0.4, 0.5) is 0 Å². The quantitative estimate of drug-likeness (QED) is 0.355. The average molecular weight is 362 g/mol. The van der Waals surface area contributed by atoms with Crippen molar-refractivity contribution in [1.29, 1.82) is 0 Å². The SMILES string of the molecule is Cc1ccc2c(c1)Oc1cc(C)ccc1C21c2cccnc2-c2ncccc21. The molecule has 3 heterocycles. The number of aryl methyl sites for hydroxylation is 2. The highest BCUT2D eigenvalue weighted by atomic mass is 16.5. The van der Waals surface area contributed by atoms with Crippen LogP contribution in [0.3, 0.4) is 0 Å². The summed E-state index contributed by atoms with van der Waals surface area (Å²) in [6, 6.07) is 21.4. The smallest absolute Gasteiger partial charge is 0.132 e. The molecule has 3 nitrogen and oxygen atoms in total. The Morgan fingerprint density at radius 1 is 0.643 bits per heavy atom. The number of pyridine rings is 2. The van der Waals surface area contributed by atoms with E-state index in [2.05, 4.69) is 62.4 Å².